The Kier molecular flexibility index (Phi) is 8.76. The van der Waals surface area contributed by atoms with Gasteiger partial charge in [-0.05, 0) is 89.3 Å². The zero-order valence-corrected chi connectivity index (χ0v) is 34.5. The summed E-state index contributed by atoms with van der Waals surface area (Å²) in [4.78, 5) is 10.6. The standard InChI is InChI=1S/C61H40N2/c1-4-20-42(21-5-1)60-62-57(44-24-16-23-43(39-44)48-33-17-22-41-19-10-11-29-47(41)48)40-58(63-60)52-38-37-51(49-30-12-13-31-50(49)52)53-34-18-36-56-59(53)54-32-14-15-35-55(54)61(56,45-25-6-2-7-26-45)46-27-8-3-9-28-46/h1-40H. The lowest BCUT2D eigenvalue weighted by atomic mass is 9.67. The van der Waals surface area contributed by atoms with Crippen LogP contribution in [0, 0.1) is 0 Å². The molecule has 0 unspecified atom stereocenters. The highest BCUT2D eigenvalue weighted by Gasteiger charge is 2.46. The van der Waals surface area contributed by atoms with Gasteiger partial charge in [-0.15, -0.1) is 0 Å². The summed E-state index contributed by atoms with van der Waals surface area (Å²) in [5, 5.41) is 4.78. The third kappa shape index (κ3) is 5.95. The van der Waals surface area contributed by atoms with Crippen LogP contribution in [-0.2, 0) is 5.41 Å². The van der Waals surface area contributed by atoms with E-state index in [1.807, 2.05) is 6.07 Å². The fourth-order valence-electron chi connectivity index (χ4n) is 10.2. The first kappa shape index (κ1) is 36.6. The Labute approximate surface area is 367 Å². The quantitative estimate of drug-likeness (QED) is 0.160. The molecule has 1 aromatic heterocycles. The van der Waals surface area contributed by atoms with Crippen molar-refractivity contribution in [2.45, 2.75) is 5.41 Å². The number of nitrogens with zero attached hydrogens (tertiary/aromatic N) is 2. The molecule has 0 fully saturated rings. The van der Waals surface area contributed by atoms with Gasteiger partial charge in [-0.25, -0.2) is 9.97 Å². The van der Waals surface area contributed by atoms with Crippen LogP contribution >= 0.6 is 0 Å². The van der Waals surface area contributed by atoms with E-state index in [1.165, 1.54) is 66.2 Å². The summed E-state index contributed by atoms with van der Waals surface area (Å²) in [7, 11) is 0. The van der Waals surface area contributed by atoms with Crippen LogP contribution in [0.5, 0.6) is 0 Å². The van der Waals surface area contributed by atoms with Crippen molar-refractivity contribution in [2.24, 2.45) is 0 Å². The van der Waals surface area contributed by atoms with Crippen molar-refractivity contribution >= 4 is 21.5 Å². The van der Waals surface area contributed by atoms with E-state index in [2.05, 4.69) is 237 Å². The summed E-state index contributed by atoms with van der Waals surface area (Å²) in [5.41, 5.74) is 16.8. The van der Waals surface area contributed by atoms with E-state index in [4.69, 9.17) is 9.97 Å². The van der Waals surface area contributed by atoms with Gasteiger partial charge in [-0.3, -0.25) is 0 Å². The summed E-state index contributed by atoms with van der Waals surface area (Å²) in [6, 6.07) is 87.7. The molecule has 12 rings (SSSR count). The first-order valence-electron chi connectivity index (χ1n) is 21.7. The van der Waals surface area contributed by atoms with Crippen molar-refractivity contribution in [3.8, 4) is 67.3 Å². The monoisotopic (exact) mass is 800 g/mol. The highest BCUT2D eigenvalue weighted by Crippen LogP contribution is 2.58. The number of hydrogen-bond donors (Lipinski definition) is 0. The van der Waals surface area contributed by atoms with Gasteiger partial charge in [0.2, 0.25) is 0 Å². The van der Waals surface area contributed by atoms with Gasteiger partial charge < -0.3 is 0 Å². The van der Waals surface area contributed by atoms with Crippen LogP contribution in [0.25, 0.3) is 88.8 Å². The lowest BCUT2D eigenvalue weighted by molar-refractivity contribution is 0.768. The van der Waals surface area contributed by atoms with Gasteiger partial charge in [0.25, 0.3) is 0 Å². The predicted molar refractivity (Wildman–Crippen MR) is 262 cm³/mol. The van der Waals surface area contributed by atoms with Crippen LogP contribution in [0.1, 0.15) is 22.3 Å². The second-order valence-electron chi connectivity index (χ2n) is 16.4. The topological polar surface area (TPSA) is 25.8 Å². The molecule has 63 heavy (non-hydrogen) atoms. The average molecular weight is 801 g/mol. The molecule has 1 aliphatic rings. The molecule has 1 heterocycles. The minimum absolute atomic E-state index is 0.476. The van der Waals surface area contributed by atoms with Crippen LogP contribution in [0.15, 0.2) is 243 Å². The number of hydrogen-bond acceptors (Lipinski definition) is 2. The predicted octanol–water partition coefficient (Wildman–Crippen LogP) is 15.5. The van der Waals surface area contributed by atoms with E-state index in [9.17, 15) is 0 Å². The molecule has 0 saturated heterocycles. The minimum atomic E-state index is -0.476. The summed E-state index contributed by atoms with van der Waals surface area (Å²) < 4.78 is 0. The molecule has 10 aromatic carbocycles. The summed E-state index contributed by atoms with van der Waals surface area (Å²) in [6.45, 7) is 0. The van der Waals surface area contributed by atoms with E-state index in [-0.39, 0.29) is 0 Å². The van der Waals surface area contributed by atoms with Crippen LogP contribution in [0.3, 0.4) is 0 Å². The maximum atomic E-state index is 5.34. The van der Waals surface area contributed by atoms with E-state index >= 15 is 0 Å². The minimum Gasteiger partial charge on any atom is -0.228 e. The van der Waals surface area contributed by atoms with Gasteiger partial charge >= 0.3 is 0 Å². The number of benzene rings is 10. The normalized spacial score (nSPS) is 12.6. The maximum absolute atomic E-state index is 5.34. The van der Waals surface area contributed by atoms with Crippen molar-refractivity contribution in [3.63, 3.8) is 0 Å². The lowest BCUT2D eigenvalue weighted by Crippen LogP contribution is -2.28. The summed E-state index contributed by atoms with van der Waals surface area (Å²) in [6.07, 6.45) is 0. The second-order valence-corrected chi connectivity index (χ2v) is 16.4. The molecule has 11 aromatic rings. The van der Waals surface area contributed by atoms with Gasteiger partial charge in [0.1, 0.15) is 0 Å². The fourth-order valence-corrected chi connectivity index (χ4v) is 10.2. The lowest BCUT2D eigenvalue weighted by Gasteiger charge is -2.34. The molecule has 0 bridgehead atoms. The van der Waals surface area contributed by atoms with Crippen LogP contribution < -0.4 is 0 Å². The van der Waals surface area contributed by atoms with Crippen molar-refractivity contribution in [2.75, 3.05) is 0 Å². The number of rotatable bonds is 7. The van der Waals surface area contributed by atoms with Crippen molar-refractivity contribution < 1.29 is 0 Å². The molecule has 1 aliphatic carbocycles. The molecule has 2 heteroatoms. The number of aromatic nitrogens is 2. The molecule has 0 amide bonds. The van der Waals surface area contributed by atoms with Crippen LogP contribution in [0.2, 0.25) is 0 Å². The molecule has 294 valence electrons. The molecule has 0 spiro atoms. The zero-order valence-electron chi connectivity index (χ0n) is 34.5. The van der Waals surface area contributed by atoms with Gasteiger partial charge in [-0.1, -0.05) is 231 Å². The fraction of sp³-hybridized carbons (Fsp3) is 0.0164. The first-order chi connectivity index (χ1) is 31.3. The Morgan fingerprint density at radius 1 is 0.286 bits per heavy atom. The third-order valence-corrected chi connectivity index (χ3v) is 13.0. The largest absolute Gasteiger partial charge is 0.228 e. The van der Waals surface area contributed by atoms with E-state index in [0.717, 1.165) is 39.0 Å². The van der Waals surface area contributed by atoms with Gasteiger partial charge in [0.15, 0.2) is 5.82 Å². The third-order valence-electron chi connectivity index (χ3n) is 13.0. The molecular formula is C61H40N2. The molecule has 0 aliphatic heterocycles. The molecular weight excluding hydrogens is 761 g/mol. The molecule has 0 radical (unpaired) electrons. The highest BCUT2D eigenvalue weighted by molar-refractivity contribution is 6.08. The zero-order chi connectivity index (χ0) is 41.7. The van der Waals surface area contributed by atoms with E-state index in [1.54, 1.807) is 0 Å². The summed E-state index contributed by atoms with van der Waals surface area (Å²) >= 11 is 0. The van der Waals surface area contributed by atoms with Crippen LogP contribution in [-0.4, -0.2) is 9.97 Å². The van der Waals surface area contributed by atoms with Crippen molar-refractivity contribution in [1.82, 2.24) is 9.97 Å². The Hall–Kier alpha value is -8.20. The Balaban J connectivity index is 1.05. The highest BCUT2D eigenvalue weighted by atomic mass is 14.9. The van der Waals surface area contributed by atoms with E-state index < -0.39 is 5.41 Å². The Morgan fingerprint density at radius 3 is 1.57 bits per heavy atom. The Morgan fingerprint density at radius 2 is 0.794 bits per heavy atom. The van der Waals surface area contributed by atoms with Crippen molar-refractivity contribution in [1.29, 1.82) is 0 Å². The number of fused-ring (bicyclic) bond motifs is 5. The summed E-state index contributed by atoms with van der Waals surface area (Å²) in [5.74, 6) is 0.697. The molecule has 0 atom stereocenters. The van der Waals surface area contributed by atoms with Crippen LogP contribution in [0.4, 0.5) is 0 Å². The first-order valence-corrected chi connectivity index (χ1v) is 21.7. The van der Waals surface area contributed by atoms with Gasteiger partial charge in [0.05, 0.1) is 16.8 Å². The second kappa shape index (κ2) is 15.1. The van der Waals surface area contributed by atoms with Crippen molar-refractivity contribution in [3.05, 3.63) is 265 Å². The maximum Gasteiger partial charge on any atom is 0.160 e. The molecule has 0 N–H and O–H groups in total. The Bertz CT molecular complexity index is 3460. The molecule has 2 nitrogen and oxygen atoms in total. The SMILES string of the molecule is c1ccc(-c2nc(-c3cccc(-c4cccc5ccccc45)c3)cc(-c3ccc(-c4cccc5c4-c4ccccc4C5(c4ccccc4)c4ccccc4)c4ccccc34)n2)cc1. The molecule has 0 saturated carbocycles. The smallest absolute Gasteiger partial charge is 0.160 e. The average Bonchev–Trinajstić information content (AvgIpc) is 3.68. The van der Waals surface area contributed by atoms with Gasteiger partial charge in [0, 0.05) is 16.7 Å². The van der Waals surface area contributed by atoms with Gasteiger partial charge in [-0.2, -0.15) is 0 Å². The van der Waals surface area contributed by atoms with E-state index in [0.29, 0.717) is 5.82 Å².